The number of aliphatic carboxylic acids is 1. The van der Waals surface area contributed by atoms with Crippen molar-refractivity contribution in [2.75, 3.05) is 0 Å². The van der Waals surface area contributed by atoms with Crippen LogP contribution in [0.3, 0.4) is 0 Å². The lowest BCUT2D eigenvalue weighted by Crippen LogP contribution is -2.39. The van der Waals surface area contributed by atoms with Crippen molar-refractivity contribution in [1.82, 2.24) is 9.88 Å². The molecule has 1 heterocycles. The monoisotopic (exact) mass is 264 g/mol. The molecule has 88 valence electrons. The number of hydrogen-bond acceptors (Lipinski definition) is 2. The van der Waals surface area contributed by atoms with Crippen LogP contribution in [0.4, 0.5) is 0 Å². The smallest absolute Gasteiger partial charge is 0.325 e. The fourth-order valence-corrected chi connectivity index (χ4v) is 1.47. The molecule has 2 N–H and O–H groups in total. The number of nitrogens with zero attached hydrogens (tertiary/aromatic N) is 1. The Kier molecular flexibility index (Phi) is 3.83. The molecule has 1 atom stereocenters. The highest BCUT2D eigenvalue weighted by Crippen LogP contribution is 2.24. The maximum atomic E-state index is 11.6. The molecule has 5 nitrogen and oxygen atoms in total. The van der Waals surface area contributed by atoms with Gasteiger partial charge in [0.1, 0.15) is 16.9 Å². The van der Waals surface area contributed by atoms with Gasteiger partial charge in [-0.05, 0) is 13.0 Å². The predicted octanol–water partition coefficient (Wildman–Crippen LogP) is 1.53. The van der Waals surface area contributed by atoms with Crippen molar-refractivity contribution in [3.63, 3.8) is 0 Å². The molecule has 0 fully saturated rings. The number of carboxylic acids is 1. The number of amides is 1. The molecule has 7 heteroatoms. The first-order valence-corrected chi connectivity index (χ1v) is 5.14. The Labute approximate surface area is 102 Å². The molecule has 0 spiro atoms. The second kappa shape index (κ2) is 4.76. The van der Waals surface area contributed by atoms with Crippen molar-refractivity contribution in [3.05, 3.63) is 21.9 Å². The lowest BCUT2D eigenvalue weighted by atomic mass is 10.3. The van der Waals surface area contributed by atoms with Gasteiger partial charge in [0.15, 0.2) is 0 Å². The van der Waals surface area contributed by atoms with Crippen LogP contribution in [-0.4, -0.2) is 27.6 Å². The molecule has 0 bridgehead atoms. The van der Waals surface area contributed by atoms with Gasteiger partial charge in [-0.2, -0.15) is 0 Å². The summed E-state index contributed by atoms with van der Waals surface area (Å²) in [4.78, 5) is 22.2. The fraction of sp³-hybridized carbons (Fsp3) is 0.333. The minimum Gasteiger partial charge on any atom is -0.480 e. The van der Waals surface area contributed by atoms with Gasteiger partial charge >= 0.3 is 5.97 Å². The molecule has 0 saturated heterocycles. The molecular weight excluding hydrogens is 255 g/mol. The van der Waals surface area contributed by atoms with Gasteiger partial charge in [-0.1, -0.05) is 23.2 Å². The lowest BCUT2D eigenvalue weighted by Gasteiger charge is -2.09. The van der Waals surface area contributed by atoms with E-state index in [2.05, 4.69) is 5.32 Å². The number of aromatic nitrogens is 1. The Morgan fingerprint density at radius 1 is 1.50 bits per heavy atom. The van der Waals surface area contributed by atoms with Gasteiger partial charge in [0, 0.05) is 7.05 Å². The molecule has 1 amide bonds. The van der Waals surface area contributed by atoms with Crippen LogP contribution in [0.5, 0.6) is 0 Å². The first-order valence-electron chi connectivity index (χ1n) is 4.39. The summed E-state index contributed by atoms with van der Waals surface area (Å²) in [6.07, 6.45) is 0. The molecule has 1 aromatic rings. The number of nitrogens with one attached hydrogen (secondary N) is 1. The van der Waals surface area contributed by atoms with Gasteiger partial charge in [-0.25, -0.2) is 0 Å². The van der Waals surface area contributed by atoms with Gasteiger partial charge in [0.2, 0.25) is 0 Å². The third-order valence-corrected chi connectivity index (χ3v) is 2.91. The Morgan fingerprint density at radius 3 is 2.44 bits per heavy atom. The van der Waals surface area contributed by atoms with Crippen LogP contribution in [-0.2, 0) is 11.8 Å². The fourth-order valence-electron chi connectivity index (χ4n) is 1.09. The maximum absolute atomic E-state index is 11.6. The topological polar surface area (TPSA) is 71.3 Å². The van der Waals surface area contributed by atoms with Crippen molar-refractivity contribution >= 4 is 35.1 Å². The van der Waals surface area contributed by atoms with E-state index in [0.29, 0.717) is 0 Å². The molecule has 16 heavy (non-hydrogen) atoms. The summed E-state index contributed by atoms with van der Waals surface area (Å²) in [6, 6.07) is 0.410. The molecular formula is C9H10Cl2N2O3. The van der Waals surface area contributed by atoms with Crippen LogP contribution in [0, 0.1) is 0 Å². The summed E-state index contributed by atoms with van der Waals surface area (Å²) < 4.78 is 1.38. The Bertz CT molecular complexity index is 442. The molecule has 0 aromatic carbocycles. The number of hydrogen-bond donors (Lipinski definition) is 2. The third-order valence-electron chi connectivity index (χ3n) is 2.07. The zero-order valence-corrected chi connectivity index (χ0v) is 10.1. The molecule has 0 aliphatic heterocycles. The summed E-state index contributed by atoms with van der Waals surface area (Å²) in [5, 5.41) is 11.4. The van der Waals surface area contributed by atoms with Gasteiger partial charge in [-0.3, -0.25) is 9.59 Å². The number of rotatable bonds is 3. The number of carbonyl (C=O) groups excluding carboxylic acids is 1. The molecule has 0 aliphatic carbocycles. The van der Waals surface area contributed by atoms with Crippen molar-refractivity contribution in [2.24, 2.45) is 7.05 Å². The maximum Gasteiger partial charge on any atom is 0.325 e. The molecule has 0 radical (unpaired) electrons. The molecule has 1 rings (SSSR count). The average molecular weight is 265 g/mol. The van der Waals surface area contributed by atoms with E-state index in [1.165, 1.54) is 17.6 Å². The Morgan fingerprint density at radius 2 is 2.06 bits per heavy atom. The molecule has 1 unspecified atom stereocenters. The Balaban J connectivity index is 2.89. The van der Waals surface area contributed by atoms with Crippen molar-refractivity contribution in [1.29, 1.82) is 0 Å². The van der Waals surface area contributed by atoms with E-state index in [-0.39, 0.29) is 15.9 Å². The molecule has 0 saturated carbocycles. The summed E-state index contributed by atoms with van der Waals surface area (Å²) in [5.74, 6) is -1.65. The van der Waals surface area contributed by atoms with E-state index in [9.17, 15) is 9.59 Å². The van der Waals surface area contributed by atoms with Gasteiger partial charge in [0.05, 0.1) is 5.02 Å². The number of halogens is 2. The van der Waals surface area contributed by atoms with E-state index in [0.717, 1.165) is 0 Å². The highest BCUT2D eigenvalue weighted by molar-refractivity contribution is 6.41. The standard InChI is InChI=1S/C9H10Cl2N2O3/c1-4(9(15)16)12-8(14)6-3-5(10)7(11)13(6)2/h3-4H,1-2H3,(H,12,14)(H,15,16). The number of carboxylic acid groups (broad SMARTS) is 1. The second-order valence-corrected chi connectivity index (χ2v) is 4.03. The van der Waals surface area contributed by atoms with Gasteiger partial charge in [-0.15, -0.1) is 0 Å². The first kappa shape index (κ1) is 12.9. The largest absolute Gasteiger partial charge is 0.480 e. The zero-order chi connectivity index (χ0) is 12.5. The van der Waals surface area contributed by atoms with Crippen LogP contribution < -0.4 is 5.32 Å². The van der Waals surface area contributed by atoms with Gasteiger partial charge < -0.3 is 15.0 Å². The summed E-state index contributed by atoms with van der Waals surface area (Å²) in [6.45, 7) is 1.37. The van der Waals surface area contributed by atoms with Crippen LogP contribution in [0.1, 0.15) is 17.4 Å². The van der Waals surface area contributed by atoms with Gasteiger partial charge in [0.25, 0.3) is 5.91 Å². The lowest BCUT2D eigenvalue weighted by molar-refractivity contribution is -0.138. The minimum atomic E-state index is -1.11. The van der Waals surface area contributed by atoms with Crippen molar-refractivity contribution in [3.8, 4) is 0 Å². The molecule has 1 aromatic heterocycles. The summed E-state index contributed by atoms with van der Waals surface area (Å²) in [5.41, 5.74) is 0.211. The normalized spacial score (nSPS) is 12.2. The van der Waals surface area contributed by atoms with Crippen LogP contribution in [0.2, 0.25) is 10.2 Å². The summed E-state index contributed by atoms with van der Waals surface area (Å²) >= 11 is 11.5. The van der Waals surface area contributed by atoms with E-state index in [4.69, 9.17) is 28.3 Å². The SMILES string of the molecule is CC(NC(=O)c1cc(Cl)c(Cl)n1C)C(=O)O. The summed E-state index contributed by atoms with van der Waals surface area (Å²) in [7, 11) is 1.56. The highest BCUT2D eigenvalue weighted by Gasteiger charge is 2.19. The van der Waals surface area contributed by atoms with E-state index < -0.39 is 17.9 Å². The van der Waals surface area contributed by atoms with Crippen LogP contribution >= 0.6 is 23.2 Å². The minimum absolute atomic E-state index is 0.211. The average Bonchev–Trinajstić information content (AvgIpc) is 2.45. The van der Waals surface area contributed by atoms with E-state index in [1.807, 2.05) is 0 Å². The van der Waals surface area contributed by atoms with E-state index >= 15 is 0 Å². The van der Waals surface area contributed by atoms with Crippen molar-refractivity contribution < 1.29 is 14.7 Å². The predicted molar refractivity (Wildman–Crippen MR) is 60.0 cm³/mol. The van der Waals surface area contributed by atoms with Crippen molar-refractivity contribution in [2.45, 2.75) is 13.0 Å². The second-order valence-electron chi connectivity index (χ2n) is 3.26. The zero-order valence-electron chi connectivity index (χ0n) is 8.62. The van der Waals surface area contributed by atoms with Crippen LogP contribution in [0.15, 0.2) is 6.07 Å². The Hall–Kier alpha value is -1.20. The molecule has 0 aliphatic rings. The number of carbonyl (C=O) groups is 2. The first-order chi connectivity index (χ1) is 7.34. The third kappa shape index (κ3) is 2.48. The van der Waals surface area contributed by atoms with Crippen LogP contribution in [0.25, 0.3) is 0 Å². The quantitative estimate of drug-likeness (QED) is 0.870. The van der Waals surface area contributed by atoms with E-state index in [1.54, 1.807) is 7.05 Å². The highest BCUT2D eigenvalue weighted by atomic mass is 35.5.